The average Bonchev–Trinajstić information content (AvgIpc) is 3.24. The number of hydrogen-bond donors (Lipinski definition) is 1. The predicted octanol–water partition coefficient (Wildman–Crippen LogP) is 5.03. The number of rotatable bonds is 8. The molecule has 10 heteroatoms. The Kier molecular flexibility index (Phi) is 7.95. The second kappa shape index (κ2) is 10.7. The standard InChI is InChI=1S/C22H21Cl2N3O4S/c1-27(9-8-13-4-7-18(30-2)19(10-13)31-3)21(29)17-12-32-22(25-17)26-20(28)15-6-5-14(23)11-16(15)24/h4-7,10-12H,8-9H2,1-3H3,(H,25,26,28). The zero-order valence-electron chi connectivity index (χ0n) is 17.6. The SMILES string of the molecule is COc1ccc(CCN(C)C(=O)c2csc(NC(=O)c3ccc(Cl)cc3Cl)n2)cc1OC. The number of amides is 2. The van der Waals surface area contributed by atoms with Gasteiger partial charge in [0.2, 0.25) is 0 Å². The summed E-state index contributed by atoms with van der Waals surface area (Å²) < 4.78 is 10.6. The number of methoxy groups -OCH3 is 2. The monoisotopic (exact) mass is 493 g/mol. The normalized spacial score (nSPS) is 10.5. The molecule has 1 aromatic heterocycles. The van der Waals surface area contributed by atoms with Gasteiger partial charge in [0.1, 0.15) is 5.69 Å². The number of carbonyl (C=O) groups excluding carboxylic acids is 2. The molecule has 0 aliphatic rings. The summed E-state index contributed by atoms with van der Waals surface area (Å²) in [7, 11) is 4.86. The molecule has 0 saturated heterocycles. The minimum absolute atomic E-state index is 0.234. The summed E-state index contributed by atoms with van der Waals surface area (Å²) in [5, 5.41) is 5.24. The predicted molar refractivity (Wildman–Crippen MR) is 127 cm³/mol. The number of aromatic nitrogens is 1. The molecule has 7 nitrogen and oxygen atoms in total. The fourth-order valence-corrected chi connectivity index (χ4v) is 4.07. The number of hydrogen-bond acceptors (Lipinski definition) is 6. The molecule has 3 rings (SSSR count). The molecular weight excluding hydrogens is 473 g/mol. The lowest BCUT2D eigenvalue weighted by Gasteiger charge is -2.16. The van der Waals surface area contributed by atoms with E-state index in [-0.39, 0.29) is 22.2 Å². The maximum absolute atomic E-state index is 12.7. The Morgan fingerprint density at radius 2 is 1.84 bits per heavy atom. The summed E-state index contributed by atoms with van der Waals surface area (Å²) in [4.78, 5) is 31.0. The first-order chi connectivity index (χ1) is 15.3. The fraction of sp³-hybridized carbons (Fsp3) is 0.227. The highest BCUT2D eigenvalue weighted by atomic mass is 35.5. The molecule has 3 aromatic rings. The van der Waals surface area contributed by atoms with Crippen LogP contribution in [0.4, 0.5) is 5.13 Å². The molecule has 0 aliphatic heterocycles. The molecule has 0 bridgehead atoms. The number of halogens is 2. The van der Waals surface area contributed by atoms with Gasteiger partial charge >= 0.3 is 0 Å². The van der Waals surface area contributed by atoms with Crippen molar-refractivity contribution in [3.8, 4) is 11.5 Å². The first kappa shape index (κ1) is 23.8. The van der Waals surface area contributed by atoms with Crippen LogP contribution in [0.5, 0.6) is 11.5 Å². The highest BCUT2D eigenvalue weighted by Gasteiger charge is 2.18. The van der Waals surface area contributed by atoms with E-state index in [1.807, 2.05) is 18.2 Å². The number of ether oxygens (including phenoxy) is 2. The minimum Gasteiger partial charge on any atom is -0.493 e. The summed E-state index contributed by atoms with van der Waals surface area (Å²) >= 11 is 13.1. The van der Waals surface area contributed by atoms with Crippen LogP contribution < -0.4 is 14.8 Å². The van der Waals surface area contributed by atoms with Crippen molar-refractivity contribution in [1.82, 2.24) is 9.88 Å². The van der Waals surface area contributed by atoms with Crippen LogP contribution in [0.3, 0.4) is 0 Å². The van der Waals surface area contributed by atoms with Crippen molar-refractivity contribution in [3.05, 3.63) is 68.6 Å². The Labute approximate surface area is 199 Å². The Morgan fingerprint density at radius 3 is 2.53 bits per heavy atom. The van der Waals surface area contributed by atoms with Crippen molar-refractivity contribution >= 4 is 51.5 Å². The Morgan fingerprint density at radius 1 is 1.09 bits per heavy atom. The molecule has 0 unspecified atom stereocenters. The van der Waals surface area contributed by atoms with Crippen LogP contribution in [0.15, 0.2) is 41.8 Å². The molecule has 0 spiro atoms. The molecule has 0 fully saturated rings. The summed E-state index contributed by atoms with van der Waals surface area (Å²) in [6.45, 7) is 0.480. The molecule has 168 valence electrons. The van der Waals surface area contributed by atoms with Crippen LogP contribution in [-0.4, -0.2) is 49.5 Å². The van der Waals surface area contributed by atoms with Gasteiger partial charge in [-0.3, -0.25) is 14.9 Å². The lowest BCUT2D eigenvalue weighted by molar-refractivity contribution is 0.0791. The minimum atomic E-state index is -0.429. The molecule has 0 atom stereocenters. The van der Waals surface area contributed by atoms with E-state index in [2.05, 4.69) is 10.3 Å². The van der Waals surface area contributed by atoms with Gasteiger partial charge in [-0.05, 0) is 42.3 Å². The number of anilines is 1. The maximum Gasteiger partial charge on any atom is 0.273 e. The quantitative estimate of drug-likeness (QED) is 0.475. The van der Waals surface area contributed by atoms with Gasteiger partial charge in [0, 0.05) is 24.0 Å². The second-order valence-corrected chi connectivity index (χ2v) is 8.48. The van der Waals surface area contributed by atoms with Crippen LogP contribution >= 0.6 is 34.5 Å². The lowest BCUT2D eigenvalue weighted by Crippen LogP contribution is -2.29. The van der Waals surface area contributed by atoms with E-state index in [9.17, 15) is 9.59 Å². The largest absolute Gasteiger partial charge is 0.493 e. The van der Waals surface area contributed by atoms with Crippen LogP contribution in [0.25, 0.3) is 0 Å². The van der Waals surface area contributed by atoms with Crippen LogP contribution in [0.1, 0.15) is 26.4 Å². The van der Waals surface area contributed by atoms with E-state index in [1.54, 1.807) is 37.6 Å². The number of benzene rings is 2. The highest BCUT2D eigenvalue weighted by Crippen LogP contribution is 2.28. The van der Waals surface area contributed by atoms with E-state index in [0.29, 0.717) is 34.6 Å². The molecule has 0 aliphatic carbocycles. The first-order valence-electron chi connectivity index (χ1n) is 9.50. The molecule has 0 radical (unpaired) electrons. The zero-order chi connectivity index (χ0) is 23.3. The van der Waals surface area contributed by atoms with E-state index in [4.69, 9.17) is 32.7 Å². The van der Waals surface area contributed by atoms with E-state index < -0.39 is 5.91 Å². The van der Waals surface area contributed by atoms with E-state index in [1.165, 1.54) is 12.1 Å². The lowest BCUT2D eigenvalue weighted by atomic mass is 10.1. The number of likely N-dealkylation sites (N-methyl/N-ethyl adjacent to an activating group) is 1. The van der Waals surface area contributed by atoms with Crippen molar-refractivity contribution in [2.75, 3.05) is 33.1 Å². The highest BCUT2D eigenvalue weighted by molar-refractivity contribution is 7.14. The van der Waals surface area contributed by atoms with Gasteiger partial charge in [0.05, 0.1) is 24.8 Å². The molecule has 2 amide bonds. The van der Waals surface area contributed by atoms with Crippen molar-refractivity contribution in [2.45, 2.75) is 6.42 Å². The molecular formula is C22H21Cl2N3O4S. The summed E-state index contributed by atoms with van der Waals surface area (Å²) in [6.07, 6.45) is 0.630. The average molecular weight is 494 g/mol. The zero-order valence-corrected chi connectivity index (χ0v) is 20.0. The molecule has 32 heavy (non-hydrogen) atoms. The van der Waals surface area contributed by atoms with Gasteiger partial charge in [0.25, 0.3) is 11.8 Å². The smallest absolute Gasteiger partial charge is 0.273 e. The third kappa shape index (κ3) is 5.70. The maximum atomic E-state index is 12.7. The van der Waals surface area contributed by atoms with Gasteiger partial charge in [-0.2, -0.15) is 0 Å². The van der Waals surface area contributed by atoms with Crippen molar-refractivity contribution in [1.29, 1.82) is 0 Å². The Bertz CT molecular complexity index is 1140. The molecule has 0 saturated carbocycles. The molecule has 2 aromatic carbocycles. The van der Waals surface area contributed by atoms with Crippen molar-refractivity contribution in [3.63, 3.8) is 0 Å². The van der Waals surface area contributed by atoms with Gasteiger partial charge < -0.3 is 14.4 Å². The van der Waals surface area contributed by atoms with Gasteiger partial charge in [-0.25, -0.2) is 4.98 Å². The van der Waals surface area contributed by atoms with Crippen LogP contribution in [0, 0.1) is 0 Å². The topological polar surface area (TPSA) is 80.8 Å². The fourth-order valence-electron chi connectivity index (χ4n) is 2.90. The van der Waals surface area contributed by atoms with Crippen molar-refractivity contribution in [2.24, 2.45) is 0 Å². The first-order valence-corrected chi connectivity index (χ1v) is 11.1. The third-order valence-electron chi connectivity index (χ3n) is 4.65. The van der Waals surface area contributed by atoms with Gasteiger partial charge in [-0.1, -0.05) is 29.3 Å². The summed E-state index contributed by atoms with van der Waals surface area (Å²) in [5.41, 5.74) is 1.53. The van der Waals surface area contributed by atoms with Gasteiger partial charge in [-0.15, -0.1) is 11.3 Å². The van der Waals surface area contributed by atoms with Crippen LogP contribution in [0.2, 0.25) is 10.0 Å². The third-order valence-corrected chi connectivity index (χ3v) is 5.96. The summed E-state index contributed by atoms with van der Waals surface area (Å²) in [6, 6.07) is 10.2. The van der Waals surface area contributed by atoms with Gasteiger partial charge in [0.15, 0.2) is 16.6 Å². The Hall–Kier alpha value is -2.81. The number of nitrogens with one attached hydrogen (secondary N) is 1. The number of thiazole rings is 1. The van der Waals surface area contributed by atoms with Crippen molar-refractivity contribution < 1.29 is 19.1 Å². The van der Waals surface area contributed by atoms with E-state index >= 15 is 0 Å². The summed E-state index contributed by atoms with van der Waals surface area (Å²) in [5.74, 6) is 0.617. The van der Waals surface area contributed by atoms with E-state index in [0.717, 1.165) is 16.9 Å². The second-order valence-electron chi connectivity index (χ2n) is 6.78. The number of nitrogens with zero attached hydrogens (tertiary/aromatic N) is 2. The molecule has 1 N–H and O–H groups in total. The Balaban J connectivity index is 1.60. The number of carbonyl (C=O) groups is 2. The molecule has 1 heterocycles. The van der Waals surface area contributed by atoms with Crippen LogP contribution in [-0.2, 0) is 6.42 Å².